The summed E-state index contributed by atoms with van der Waals surface area (Å²) in [7, 11) is 0. The number of hydrogen-bond acceptors (Lipinski definition) is 6. The van der Waals surface area contributed by atoms with E-state index in [1.54, 1.807) is 27.7 Å². The van der Waals surface area contributed by atoms with E-state index < -0.39 is 35.7 Å². The van der Waals surface area contributed by atoms with E-state index >= 15 is 0 Å². The first-order valence-corrected chi connectivity index (χ1v) is 14.1. The smallest absolute Gasteiger partial charge is 0.336 e. The van der Waals surface area contributed by atoms with Crippen LogP contribution in [0, 0.1) is 5.92 Å². The molecule has 0 saturated heterocycles. The van der Waals surface area contributed by atoms with Gasteiger partial charge >= 0.3 is 18.0 Å². The largest absolute Gasteiger partial charge is 0.464 e. The number of nitrogens with one attached hydrogen (secondary N) is 1. The van der Waals surface area contributed by atoms with E-state index in [-0.39, 0.29) is 32.0 Å². The summed E-state index contributed by atoms with van der Waals surface area (Å²) < 4.78 is 10.5. The zero-order chi connectivity index (χ0) is 30.2. The Morgan fingerprint density at radius 1 is 0.902 bits per heavy atom. The van der Waals surface area contributed by atoms with Crippen molar-refractivity contribution in [3.8, 4) is 11.1 Å². The minimum atomic E-state index is -1.50. The number of carbonyl (C=O) groups excluding carboxylic acids is 3. The van der Waals surface area contributed by atoms with E-state index in [0.717, 1.165) is 27.5 Å². The first kappa shape index (κ1) is 31.6. The molecule has 0 bridgehead atoms. The molecule has 0 aromatic heterocycles. The lowest BCUT2D eigenvalue weighted by atomic mass is 9.96. The summed E-state index contributed by atoms with van der Waals surface area (Å²) >= 11 is 0. The fourth-order valence-electron chi connectivity index (χ4n) is 4.54. The molecular formula is C33H42N2O6. The molecule has 2 atom stereocenters. The van der Waals surface area contributed by atoms with Gasteiger partial charge in [-0.1, -0.05) is 80.6 Å². The van der Waals surface area contributed by atoms with Crippen LogP contribution in [-0.4, -0.2) is 65.4 Å². The molecule has 0 spiro atoms. The molecule has 220 valence electrons. The van der Waals surface area contributed by atoms with Crippen LogP contribution >= 0.6 is 0 Å². The van der Waals surface area contributed by atoms with Gasteiger partial charge in [-0.25, -0.2) is 14.4 Å². The topological polar surface area (TPSA) is 105 Å². The molecule has 3 rings (SSSR count). The number of esters is 2. The predicted molar refractivity (Wildman–Crippen MR) is 160 cm³/mol. The molecule has 0 aliphatic heterocycles. The number of urea groups is 1. The normalized spacial score (nSPS) is 13.0. The minimum Gasteiger partial charge on any atom is -0.464 e. The quantitative estimate of drug-likeness (QED) is 0.305. The Kier molecular flexibility index (Phi) is 10.9. The summed E-state index contributed by atoms with van der Waals surface area (Å²) in [5.41, 5.74) is 2.23. The highest BCUT2D eigenvalue weighted by Gasteiger charge is 2.30. The average molecular weight is 563 g/mol. The highest BCUT2D eigenvalue weighted by Crippen LogP contribution is 2.29. The van der Waals surface area contributed by atoms with Crippen LogP contribution in [0.25, 0.3) is 21.9 Å². The number of hydrogen-bond donors (Lipinski definition) is 2. The summed E-state index contributed by atoms with van der Waals surface area (Å²) in [6.07, 6.45) is -1.30. The van der Waals surface area contributed by atoms with Gasteiger partial charge in [-0.2, -0.15) is 0 Å². The minimum absolute atomic E-state index is 0.0525. The summed E-state index contributed by atoms with van der Waals surface area (Å²) in [5.74, 6) is -1.32. The van der Waals surface area contributed by atoms with Crippen molar-refractivity contribution in [1.82, 2.24) is 10.2 Å². The molecule has 2 amide bonds. The Morgan fingerprint density at radius 3 is 2.20 bits per heavy atom. The van der Waals surface area contributed by atoms with Crippen LogP contribution < -0.4 is 5.32 Å². The van der Waals surface area contributed by atoms with Crippen LogP contribution in [0.15, 0.2) is 66.7 Å². The molecular weight excluding hydrogens is 520 g/mol. The molecule has 0 aliphatic carbocycles. The molecule has 0 heterocycles. The van der Waals surface area contributed by atoms with Gasteiger partial charge in [-0.15, -0.1) is 0 Å². The number of aliphatic hydroxyl groups excluding tert-OH is 1. The molecule has 3 aromatic carbocycles. The maximum Gasteiger partial charge on any atom is 0.336 e. The van der Waals surface area contributed by atoms with Gasteiger partial charge in [0.25, 0.3) is 0 Å². The van der Waals surface area contributed by atoms with E-state index in [1.165, 1.54) is 4.90 Å². The SMILES string of the molecule is CCOC(=O)C(O)CN(CC(C)C)C(=O)NC(Cc1ccc(-c2cccc3ccccc23)cc1)C(=O)OC(C)(C)C. The van der Waals surface area contributed by atoms with Gasteiger partial charge in [0, 0.05) is 13.0 Å². The monoisotopic (exact) mass is 562 g/mol. The average Bonchev–Trinajstić information content (AvgIpc) is 2.91. The third kappa shape index (κ3) is 9.32. The van der Waals surface area contributed by atoms with Gasteiger partial charge in [0.2, 0.25) is 0 Å². The van der Waals surface area contributed by atoms with E-state index in [1.807, 2.05) is 56.3 Å². The van der Waals surface area contributed by atoms with Crippen molar-refractivity contribution in [3.63, 3.8) is 0 Å². The zero-order valence-corrected chi connectivity index (χ0v) is 24.8. The number of aliphatic hydroxyl groups is 1. The third-order valence-corrected chi connectivity index (χ3v) is 6.31. The van der Waals surface area contributed by atoms with Crippen LogP contribution in [0.2, 0.25) is 0 Å². The van der Waals surface area contributed by atoms with Gasteiger partial charge in [0.1, 0.15) is 11.6 Å². The second-order valence-corrected chi connectivity index (χ2v) is 11.5. The number of fused-ring (bicyclic) bond motifs is 1. The number of amides is 2. The van der Waals surface area contributed by atoms with Crippen molar-refractivity contribution in [1.29, 1.82) is 0 Å². The van der Waals surface area contributed by atoms with E-state index in [0.29, 0.717) is 0 Å². The van der Waals surface area contributed by atoms with Gasteiger partial charge in [-0.3, -0.25) is 0 Å². The standard InChI is InChI=1S/C33H42N2O6/c1-7-40-31(38)29(36)21-35(20-22(2)3)32(39)34-28(30(37)41-33(4,5)6)19-23-15-17-25(18-16-23)27-14-10-12-24-11-8-9-13-26(24)27/h8-18,22,28-29,36H,7,19-21H2,1-6H3,(H,34,39). The molecule has 41 heavy (non-hydrogen) atoms. The summed E-state index contributed by atoms with van der Waals surface area (Å²) in [6.45, 7) is 10.9. The number of nitrogens with zero attached hydrogens (tertiary/aromatic N) is 1. The highest BCUT2D eigenvalue weighted by molar-refractivity contribution is 5.96. The van der Waals surface area contributed by atoms with Crippen LogP contribution in [0.1, 0.15) is 47.1 Å². The van der Waals surface area contributed by atoms with Crippen molar-refractivity contribution in [2.45, 2.75) is 65.7 Å². The lowest BCUT2D eigenvalue weighted by Crippen LogP contribution is -2.53. The molecule has 3 aromatic rings. The molecule has 8 heteroatoms. The fraction of sp³-hybridized carbons (Fsp3) is 0.424. The third-order valence-electron chi connectivity index (χ3n) is 6.31. The molecule has 0 saturated carbocycles. The van der Waals surface area contributed by atoms with Crippen molar-refractivity contribution in [2.75, 3.05) is 19.7 Å². The van der Waals surface area contributed by atoms with Gasteiger partial charge in [0.15, 0.2) is 6.10 Å². The first-order valence-electron chi connectivity index (χ1n) is 14.1. The Hall–Kier alpha value is -3.91. The van der Waals surface area contributed by atoms with Gasteiger partial charge in [0.05, 0.1) is 13.2 Å². The molecule has 2 N–H and O–H groups in total. The number of carbonyl (C=O) groups is 3. The molecule has 2 unspecified atom stereocenters. The first-order chi connectivity index (χ1) is 19.4. The number of ether oxygens (including phenoxy) is 2. The lowest BCUT2D eigenvalue weighted by molar-refractivity contribution is -0.157. The molecule has 0 aliphatic rings. The number of rotatable bonds is 11. The number of benzene rings is 3. The Bertz CT molecular complexity index is 1320. The summed E-state index contributed by atoms with van der Waals surface area (Å²) in [6, 6.07) is 20.7. The van der Waals surface area contributed by atoms with E-state index in [4.69, 9.17) is 9.47 Å². The maximum atomic E-state index is 13.4. The van der Waals surface area contributed by atoms with Crippen molar-refractivity contribution >= 4 is 28.7 Å². The second kappa shape index (κ2) is 14.1. The van der Waals surface area contributed by atoms with Crippen LogP contribution in [0.4, 0.5) is 4.79 Å². The van der Waals surface area contributed by atoms with Crippen LogP contribution in [-0.2, 0) is 25.5 Å². The molecule has 0 fully saturated rings. The Balaban J connectivity index is 1.83. The maximum absolute atomic E-state index is 13.4. The van der Waals surface area contributed by atoms with Crippen LogP contribution in [0.3, 0.4) is 0 Å². The van der Waals surface area contributed by atoms with Crippen molar-refractivity contribution in [2.24, 2.45) is 5.92 Å². The van der Waals surface area contributed by atoms with Crippen LogP contribution in [0.5, 0.6) is 0 Å². The predicted octanol–water partition coefficient (Wildman–Crippen LogP) is 5.35. The van der Waals surface area contributed by atoms with Crippen molar-refractivity contribution in [3.05, 3.63) is 72.3 Å². The lowest BCUT2D eigenvalue weighted by Gasteiger charge is -2.30. The summed E-state index contributed by atoms with van der Waals surface area (Å²) in [5, 5.41) is 15.4. The Morgan fingerprint density at radius 2 is 1.56 bits per heavy atom. The van der Waals surface area contributed by atoms with Gasteiger partial charge in [-0.05, 0) is 61.1 Å². The zero-order valence-electron chi connectivity index (χ0n) is 24.8. The second-order valence-electron chi connectivity index (χ2n) is 11.5. The Labute approximate surface area is 242 Å². The van der Waals surface area contributed by atoms with Crippen molar-refractivity contribution < 1.29 is 29.0 Å². The highest BCUT2D eigenvalue weighted by atomic mass is 16.6. The van der Waals surface area contributed by atoms with Gasteiger partial charge < -0.3 is 24.8 Å². The van der Waals surface area contributed by atoms with E-state index in [9.17, 15) is 19.5 Å². The fourth-order valence-corrected chi connectivity index (χ4v) is 4.54. The van der Waals surface area contributed by atoms with E-state index in [2.05, 4.69) is 29.6 Å². The molecule has 0 radical (unpaired) electrons. The summed E-state index contributed by atoms with van der Waals surface area (Å²) in [4.78, 5) is 39.9. The molecule has 8 nitrogen and oxygen atoms in total.